The van der Waals surface area contributed by atoms with Crippen LogP contribution in [0.5, 0.6) is 0 Å². The van der Waals surface area contributed by atoms with Gasteiger partial charge in [0.1, 0.15) is 0 Å². The van der Waals surface area contributed by atoms with Crippen molar-refractivity contribution in [2.24, 2.45) is 5.92 Å². The van der Waals surface area contributed by atoms with E-state index in [1.54, 1.807) is 0 Å². The van der Waals surface area contributed by atoms with Crippen LogP contribution in [0, 0.1) is 16.0 Å². The lowest BCUT2D eigenvalue weighted by molar-refractivity contribution is -0.384. The van der Waals surface area contributed by atoms with Crippen molar-refractivity contribution < 1.29 is 4.92 Å². The van der Waals surface area contributed by atoms with Gasteiger partial charge in [0.15, 0.2) is 0 Å². The minimum absolute atomic E-state index is 0.0974. The van der Waals surface area contributed by atoms with Crippen molar-refractivity contribution in [3.8, 4) is 0 Å². The standard InChI is InChI=1S/C12H14Cl2N2O2/c1-12(2,7-3-4-7)15-11-9(13)5-8(16(17)18)6-10(11)14/h5-7,15H,3-4H2,1-2H3. The minimum atomic E-state index is -0.506. The molecule has 2 rings (SSSR count). The van der Waals surface area contributed by atoms with Gasteiger partial charge >= 0.3 is 0 Å². The average molecular weight is 289 g/mol. The van der Waals surface area contributed by atoms with Gasteiger partial charge in [0, 0.05) is 17.7 Å². The predicted octanol–water partition coefficient (Wildman–Crippen LogP) is 4.50. The van der Waals surface area contributed by atoms with Crippen molar-refractivity contribution in [2.45, 2.75) is 32.2 Å². The highest BCUT2D eigenvalue weighted by atomic mass is 35.5. The second kappa shape index (κ2) is 4.59. The fraction of sp³-hybridized carbons (Fsp3) is 0.500. The lowest BCUT2D eigenvalue weighted by Gasteiger charge is -2.28. The number of halogens is 2. The first-order valence-electron chi connectivity index (χ1n) is 5.73. The molecule has 18 heavy (non-hydrogen) atoms. The van der Waals surface area contributed by atoms with E-state index in [1.165, 1.54) is 25.0 Å². The van der Waals surface area contributed by atoms with Crippen LogP contribution >= 0.6 is 23.2 Å². The Kier molecular flexibility index (Phi) is 3.43. The molecule has 0 spiro atoms. The average Bonchev–Trinajstić information content (AvgIpc) is 3.06. The normalized spacial score (nSPS) is 15.6. The van der Waals surface area contributed by atoms with Crippen molar-refractivity contribution >= 4 is 34.6 Å². The summed E-state index contributed by atoms with van der Waals surface area (Å²) in [6.45, 7) is 4.16. The zero-order valence-corrected chi connectivity index (χ0v) is 11.7. The van der Waals surface area contributed by atoms with E-state index in [-0.39, 0.29) is 21.3 Å². The number of nitro benzene ring substituents is 1. The molecule has 1 aromatic rings. The first-order chi connectivity index (χ1) is 8.31. The number of non-ortho nitro benzene ring substituents is 1. The summed E-state index contributed by atoms with van der Waals surface area (Å²) in [6, 6.07) is 2.64. The summed E-state index contributed by atoms with van der Waals surface area (Å²) in [6.07, 6.45) is 2.37. The van der Waals surface area contributed by atoms with Crippen molar-refractivity contribution in [2.75, 3.05) is 5.32 Å². The Bertz CT molecular complexity index is 476. The Hall–Kier alpha value is -1.00. The van der Waals surface area contributed by atoms with Gasteiger partial charge in [-0.1, -0.05) is 23.2 Å². The Morgan fingerprint density at radius 3 is 2.22 bits per heavy atom. The number of hydrogen-bond donors (Lipinski definition) is 1. The zero-order chi connectivity index (χ0) is 13.5. The van der Waals surface area contributed by atoms with Crippen molar-refractivity contribution in [3.05, 3.63) is 32.3 Å². The van der Waals surface area contributed by atoms with Crippen LogP contribution in [0.15, 0.2) is 12.1 Å². The van der Waals surface area contributed by atoms with Gasteiger partial charge in [-0.05, 0) is 32.6 Å². The molecule has 0 aliphatic heterocycles. The lowest BCUT2D eigenvalue weighted by Crippen LogP contribution is -2.33. The maximum Gasteiger partial charge on any atom is 0.272 e. The van der Waals surface area contributed by atoms with E-state index in [9.17, 15) is 10.1 Å². The second-order valence-corrected chi connectivity index (χ2v) is 5.98. The molecule has 0 aromatic heterocycles. The molecule has 6 heteroatoms. The highest BCUT2D eigenvalue weighted by molar-refractivity contribution is 6.39. The minimum Gasteiger partial charge on any atom is -0.377 e. The number of hydrogen-bond acceptors (Lipinski definition) is 3. The van der Waals surface area contributed by atoms with Crippen LogP contribution < -0.4 is 5.32 Å². The van der Waals surface area contributed by atoms with E-state index in [2.05, 4.69) is 19.2 Å². The first-order valence-corrected chi connectivity index (χ1v) is 6.48. The van der Waals surface area contributed by atoms with Crippen LogP contribution in [-0.4, -0.2) is 10.5 Å². The van der Waals surface area contributed by atoms with Crippen LogP contribution in [0.25, 0.3) is 0 Å². The lowest BCUT2D eigenvalue weighted by atomic mass is 9.98. The third-order valence-electron chi connectivity index (χ3n) is 3.28. The number of nitrogens with zero attached hydrogens (tertiary/aromatic N) is 1. The molecule has 0 unspecified atom stereocenters. The zero-order valence-electron chi connectivity index (χ0n) is 10.2. The van der Waals surface area contributed by atoms with Gasteiger partial charge < -0.3 is 5.32 Å². The van der Waals surface area contributed by atoms with Gasteiger partial charge in [-0.15, -0.1) is 0 Å². The molecule has 1 saturated carbocycles. The maximum absolute atomic E-state index is 10.7. The van der Waals surface area contributed by atoms with Crippen LogP contribution in [0.3, 0.4) is 0 Å². The number of anilines is 1. The molecule has 1 N–H and O–H groups in total. The highest BCUT2D eigenvalue weighted by Gasteiger charge is 2.38. The fourth-order valence-corrected chi connectivity index (χ4v) is 2.58. The Morgan fingerprint density at radius 1 is 1.33 bits per heavy atom. The molecule has 98 valence electrons. The molecule has 1 aromatic carbocycles. The Balaban J connectivity index is 2.31. The largest absolute Gasteiger partial charge is 0.377 e. The highest BCUT2D eigenvalue weighted by Crippen LogP contribution is 2.44. The predicted molar refractivity (Wildman–Crippen MR) is 73.5 cm³/mol. The summed E-state index contributed by atoms with van der Waals surface area (Å²) in [7, 11) is 0. The van der Waals surface area contributed by atoms with Gasteiger partial charge in [0.25, 0.3) is 5.69 Å². The Labute approximate surface area is 115 Å². The number of nitro groups is 1. The third kappa shape index (κ3) is 2.70. The van der Waals surface area contributed by atoms with Crippen LogP contribution in [0.4, 0.5) is 11.4 Å². The monoisotopic (exact) mass is 288 g/mol. The molecule has 0 heterocycles. The number of nitrogens with one attached hydrogen (secondary N) is 1. The van der Waals surface area contributed by atoms with Gasteiger partial charge in [-0.25, -0.2) is 0 Å². The summed E-state index contributed by atoms with van der Waals surface area (Å²) < 4.78 is 0. The molecule has 1 fully saturated rings. The molecule has 1 aliphatic carbocycles. The van der Waals surface area contributed by atoms with Gasteiger partial charge in [-0.3, -0.25) is 10.1 Å². The third-order valence-corrected chi connectivity index (χ3v) is 3.88. The summed E-state index contributed by atoms with van der Waals surface area (Å²) in [4.78, 5) is 10.2. The quantitative estimate of drug-likeness (QED) is 0.655. The van der Waals surface area contributed by atoms with E-state index < -0.39 is 4.92 Å². The van der Waals surface area contributed by atoms with E-state index in [4.69, 9.17) is 23.2 Å². The van der Waals surface area contributed by atoms with E-state index in [0.29, 0.717) is 11.6 Å². The molecular weight excluding hydrogens is 275 g/mol. The van der Waals surface area contributed by atoms with Gasteiger partial charge in [0.2, 0.25) is 0 Å². The van der Waals surface area contributed by atoms with Crippen LogP contribution in [-0.2, 0) is 0 Å². The summed E-state index contributed by atoms with van der Waals surface area (Å²) in [5, 5.41) is 14.5. The van der Waals surface area contributed by atoms with E-state index in [1.807, 2.05) is 0 Å². The van der Waals surface area contributed by atoms with Gasteiger partial charge in [0.05, 0.1) is 20.7 Å². The molecular formula is C12H14Cl2N2O2. The summed E-state index contributed by atoms with van der Waals surface area (Å²) in [5.74, 6) is 0.597. The molecule has 4 nitrogen and oxygen atoms in total. The molecule has 0 radical (unpaired) electrons. The second-order valence-electron chi connectivity index (χ2n) is 5.16. The summed E-state index contributed by atoms with van der Waals surface area (Å²) >= 11 is 12.1. The molecule has 0 saturated heterocycles. The van der Waals surface area contributed by atoms with Crippen molar-refractivity contribution in [1.82, 2.24) is 0 Å². The molecule has 0 atom stereocenters. The maximum atomic E-state index is 10.7. The van der Waals surface area contributed by atoms with Crippen molar-refractivity contribution in [3.63, 3.8) is 0 Å². The smallest absolute Gasteiger partial charge is 0.272 e. The SMILES string of the molecule is CC(C)(Nc1c(Cl)cc([N+](=O)[O-])cc1Cl)C1CC1. The molecule has 0 bridgehead atoms. The molecule has 0 amide bonds. The summed E-state index contributed by atoms with van der Waals surface area (Å²) in [5.41, 5.74) is 0.365. The fourth-order valence-electron chi connectivity index (χ4n) is 2.01. The Morgan fingerprint density at radius 2 is 1.83 bits per heavy atom. The number of benzene rings is 1. The first kappa shape index (κ1) is 13.4. The number of rotatable bonds is 4. The molecule has 1 aliphatic rings. The topological polar surface area (TPSA) is 55.2 Å². The van der Waals surface area contributed by atoms with E-state index in [0.717, 1.165) is 0 Å². The van der Waals surface area contributed by atoms with Crippen molar-refractivity contribution in [1.29, 1.82) is 0 Å². The van der Waals surface area contributed by atoms with Crippen LogP contribution in [0.1, 0.15) is 26.7 Å². The van der Waals surface area contributed by atoms with Crippen LogP contribution in [0.2, 0.25) is 10.0 Å². The van der Waals surface area contributed by atoms with E-state index >= 15 is 0 Å². The van der Waals surface area contributed by atoms with Gasteiger partial charge in [-0.2, -0.15) is 0 Å².